The summed E-state index contributed by atoms with van der Waals surface area (Å²) in [5.74, 6) is -1.14. The fourth-order valence-corrected chi connectivity index (χ4v) is 3.82. The second-order valence-corrected chi connectivity index (χ2v) is 6.14. The van der Waals surface area contributed by atoms with Crippen LogP contribution in [0.25, 0.3) is 0 Å². The summed E-state index contributed by atoms with van der Waals surface area (Å²) in [6, 6.07) is 1.14. The van der Waals surface area contributed by atoms with Crippen molar-refractivity contribution in [2.45, 2.75) is 10.6 Å². The number of hydrogen-bond donors (Lipinski definition) is 1. The Bertz CT molecular complexity index is 500. The SMILES string of the molecule is O=C(O)c1csc(S(=O)(=O)N2CCCO2)c1. The van der Waals surface area contributed by atoms with Crippen molar-refractivity contribution >= 4 is 27.3 Å². The largest absolute Gasteiger partial charge is 0.478 e. The molecule has 0 aromatic carbocycles. The van der Waals surface area contributed by atoms with Gasteiger partial charge in [0.15, 0.2) is 0 Å². The van der Waals surface area contributed by atoms with Crippen LogP contribution in [0.3, 0.4) is 0 Å². The van der Waals surface area contributed by atoms with Crippen molar-refractivity contribution in [1.29, 1.82) is 0 Å². The van der Waals surface area contributed by atoms with Crippen LogP contribution in [0.1, 0.15) is 16.8 Å². The highest BCUT2D eigenvalue weighted by atomic mass is 32.2. The topological polar surface area (TPSA) is 83.9 Å². The molecule has 0 bridgehead atoms. The lowest BCUT2D eigenvalue weighted by atomic mass is 10.4. The Morgan fingerprint density at radius 2 is 2.31 bits per heavy atom. The van der Waals surface area contributed by atoms with Crippen molar-refractivity contribution in [2.24, 2.45) is 0 Å². The van der Waals surface area contributed by atoms with E-state index in [0.29, 0.717) is 19.6 Å². The van der Waals surface area contributed by atoms with Crippen molar-refractivity contribution < 1.29 is 23.2 Å². The third-order valence-corrected chi connectivity index (χ3v) is 5.16. The van der Waals surface area contributed by atoms with Crippen molar-refractivity contribution in [3.8, 4) is 0 Å². The lowest BCUT2D eigenvalue weighted by molar-refractivity contribution is -0.0282. The molecular formula is C8H9NO5S2. The average Bonchev–Trinajstić information content (AvgIpc) is 2.90. The molecule has 0 spiro atoms. The van der Waals surface area contributed by atoms with Crippen LogP contribution in [0.4, 0.5) is 0 Å². The van der Waals surface area contributed by atoms with Gasteiger partial charge in [-0.2, -0.15) is 0 Å². The predicted octanol–water partition coefficient (Wildman–Crippen LogP) is 0.772. The molecule has 8 heteroatoms. The molecule has 1 aromatic heterocycles. The molecule has 0 atom stereocenters. The molecule has 2 heterocycles. The molecule has 2 rings (SSSR count). The summed E-state index contributed by atoms with van der Waals surface area (Å²) >= 11 is 0.881. The van der Waals surface area contributed by atoms with Crippen LogP contribution in [0.5, 0.6) is 0 Å². The second-order valence-electron chi connectivity index (χ2n) is 3.18. The van der Waals surface area contributed by atoms with Gasteiger partial charge in [-0.25, -0.2) is 13.2 Å². The van der Waals surface area contributed by atoms with Crippen LogP contribution in [0, 0.1) is 0 Å². The Balaban J connectivity index is 2.31. The van der Waals surface area contributed by atoms with Crippen molar-refractivity contribution in [1.82, 2.24) is 4.47 Å². The van der Waals surface area contributed by atoms with E-state index in [1.807, 2.05) is 0 Å². The van der Waals surface area contributed by atoms with E-state index in [9.17, 15) is 13.2 Å². The van der Waals surface area contributed by atoms with Crippen LogP contribution in [0.15, 0.2) is 15.7 Å². The Labute approximate surface area is 96.1 Å². The minimum absolute atomic E-state index is 0.00759. The highest BCUT2D eigenvalue weighted by Crippen LogP contribution is 2.25. The van der Waals surface area contributed by atoms with Crippen molar-refractivity contribution in [3.63, 3.8) is 0 Å². The van der Waals surface area contributed by atoms with Crippen LogP contribution < -0.4 is 0 Å². The maximum Gasteiger partial charge on any atom is 0.336 e. The average molecular weight is 263 g/mol. The van der Waals surface area contributed by atoms with E-state index >= 15 is 0 Å². The predicted molar refractivity (Wildman–Crippen MR) is 55.7 cm³/mol. The van der Waals surface area contributed by atoms with Gasteiger partial charge in [-0.15, -0.1) is 11.3 Å². The smallest absolute Gasteiger partial charge is 0.336 e. The fraction of sp³-hybridized carbons (Fsp3) is 0.375. The van der Waals surface area contributed by atoms with E-state index in [1.165, 1.54) is 5.38 Å². The van der Waals surface area contributed by atoms with E-state index in [4.69, 9.17) is 9.94 Å². The summed E-state index contributed by atoms with van der Waals surface area (Å²) in [6.45, 7) is 0.680. The zero-order chi connectivity index (χ0) is 11.8. The molecular weight excluding hydrogens is 254 g/mol. The molecule has 1 aliphatic heterocycles. The number of carboxylic acid groups (broad SMARTS) is 1. The summed E-state index contributed by atoms with van der Waals surface area (Å²) in [4.78, 5) is 15.6. The van der Waals surface area contributed by atoms with Gasteiger partial charge in [0.05, 0.1) is 12.2 Å². The van der Waals surface area contributed by atoms with E-state index in [0.717, 1.165) is 21.9 Å². The van der Waals surface area contributed by atoms with Gasteiger partial charge in [-0.3, -0.25) is 4.84 Å². The van der Waals surface area contributed by atoms with E-state index in [-0.39, 0.29) is 9.77 Å². The molecule has 6 nitrogen and oxygen atoms in total. The first-order chi connectivity index (χ1) is 7.51. The molecule has 1 aromatic rings. The highest BCUT2D eigenvalue weighted by Gasteiger charge is 2.30. The van der Waals surface area contributed by atoms with Gasteiger partial charge in [0.2, 0.25) is 0 Å². The minimum Gasteiger partial charge on any atom is -0.478 e. The molecule has 0 radical (unpaired) electrons. The lowest BCUT2D eigenvalue weighted by Gasteiger charge is -2.11. The van der Waals surface area contributed by atoms with E-state index in [2.05, 4.69) is 0 Å². The number of carboxylic acids is 1. The zero-order valence-corrected chi connectivity index (χ0v) is 9.75. The maximum atomic E-state index is 11.9. The lowest BCUT2D eigenvalue weighted by Crippen LogP contribution is -2.26. The molecule has 0 saturated carbocycles. The van der Waals surface area contributed by atoms with Crippen LogP contribution in [-0.4, -0.2) is 37.1 Å². The van der Waals surface area contributed by atoms with Gasteiger partial charge < -0.3 is 5.11 Å². The minimum atomic E-state index is -3.69. The summed E-state index contributed by atoms with van der Waals surface area (Å²) in [7, 11) is -3.69. The Morgan fingerprint density at radius 3 is 2.81 bits per heavy atom. The van der Waals surface area contributed by atoms with Gasteiger partial charge in [0.1, 0.15) is 4.21 Å². The number of rotatable bonds is 3. The number of thiophene rings is 1. The van der Waals surface area contributed by atoms with Crippen LogP contribution in [-0.2, 0) is 14.9 Å². The molecule has 88 valence electrons. The van der Waals surface area contributed by atoms with E-state index in [1.54, 1.807) is 0 Å². The summed E-state index contributed by atoms with van der Waals surface area (Å²) in [5, 5.41) is 9.99. The van der Waals surface area contributed by atoms with Crippen molar-refractivity contribution in [2.75, 3.05) is 13.2 Å². The third-order valence-electron chi connectivity index (χ3n) is 2.06. The number of aromatic carboxylic acids is 1. The molecule has 0 unspecified atom stereocenters. The first kappa shape index (κ1) is 11.5. The van der Waals surface area contributed by atoms with Crippen LogP contribution in [0.2, 0.25) is 0 Å². The maximum absolute atomic E-state index is 11.9. The molecule has 16 heavy (non-hydrogen) atoms. The molecule has 0 amide bonds. The Hall–Kier alpha value is -0.960. The quantitative estimate of drug-likeness (QED) is 0.870. The van der Waals surface area contributed by atoms with E-state index < -0.39 is 16.0 Å². The molecule has 1 saturated heterocycles. The first-order valence-corrected chi connectivity index (χ1v) is 6.81. The zero-order valence-electron chi connectivity index (χ0n) is 8.12. The number of nitrogens with zero attached hydrogens (tertiary/aromatic N) is 1. The van der Waals surface area contributed by atoms with Crippen LogP contribution >= 0.6 is 11.3 Å². The monoisotopic (exact) mass is 263 g/mol. The third kappa shape index (κ3) is 1.96. The number of sulfonamides is 1. The standard InChI is InChI=1S/C8H9NO5S2/c10-8(11)6-4-7(15-5-6)16(12,13)9-2-1-3-14-9/h4-5H,1-3H2,(H,10,11). The first-order valence-electron chi connectivity index (χ1n) is 4.49. The number of hydrogen-bond acceptors (Lipinski definition) is 5. The van der Waals surface area contributed by atoms with Gasteiger partial charge in [-0.05, 0) is 12.5 Å². The van der Waals surface area contributed by atoms with Gasteiger partial charge in [0, 0.05) is 11.9 Å². The molecule has 1 aliphatic rings. The second kappa shape index (κ2) is 4.13. The fourth-order valence-electron chi connectivity index (χ4n) is 1.28. The Kier molecular flexibility index (Phi) is 2.98. The van der Waals surface area contributed by atoms with Gasteiger partial charge >= 0.3 is 5.97 Å². The number of hydroxylamine groups is 1. The molecule has 0 aliphatic carbocycles. The summed E-state index contributed by atoms with van der Waals surface area (Å²) in [5.41, 5.74) is -0.0252. The Morgan fingerprint density at radius 1 is 1.56 bits per heavy atom. The van der Waals surface area contributed by atoms with Crippen molar-refractivity contribution in [3.05, 3.63) is 17.0 Å². The van der Waals surface area contributed by atoms with Gasteiger partial charge in [-0.1, -0.05) is 4.47 Å². The summed E-state index contributed by atoms with van der Waals surface area (Å²) < 4.78 is 24.7. The molecule has 1 N–H and O–H groups in total. The molecule has 1 fully saturated rings. The number of carbonyl (C=O) groups is 1. The highest BCUT2D eigenvalue weighted by molar-refractivity contribution is 7.91. The normalized spacial score (nSPS) is 17.8. The summed E-state index contributed by atoms with van der Waals surface area (Å²) in [6.07, 6.45) is 0.649. The van der Waals surface area contributed by atoms with Gasteiger partial charge in [0.25, 0.3) is 10.0 Å².